The lowest BCUT2D eigenvalue weighted by atomic mass is 9.94. The molecule has 1 fully saturated rings. The summed E-state index contributed by atoms with van der Waals surface area (Å²) in [7, 11) is 0. The van der Waals surface area contributed by atoms with Gasteiger partial charge in [0.2, 0.25) is 5.28 Å². The van der Waals surface area contributed by atoms with Gasteiger partial charge in [0.1, 0.15) is 5.82 Å². The standard InChI is InChI=1S/C16H20ClN3O/c17-15-19-13-8-4-3-7-12(13)14(20-15)18-11-16(21)9-5-1-2-6-10-16/h3-4,7-8,21H,1-2,5-6,9-11H2,(H,18,19,20). The smallest absolute Gasteiger partial charge is 0.224 e. The highest BCUT2D eigenvalue weighted by molar-refractivity contribution is 6.28. The van der Waals surface area contributed by atoms with Crippen LogP contribution in [0, 0.1) is 0 Å². The Balaban J connectivity index is 1.81. The molecule has 0 atom stereocenters. The Labute approximate surface area is 129 Å². The van der Waals surface area contributed by atoms with Crippen molar-refractivity contribution < 1.29 is 5.11 Å². The third kappa shape index (κ3) is 3.44. The van der Waals surface area contributed by atoms with E-state index in [2.05, 4.69) is 15.3 Å². The average molecular weight is 306 g/mol. The molecular formula is C16H20ClN3O. The maximum Gasteiger partial charge on any atom is 0.224 e. The van der Waals surface area contributed by atoms with Gasteiger partial charge in [0.25, 0.3) is 0 Å². The zero-order valence-electron chi connectivity index (χ0n) is 12.0. The van der Waals surface area contributed by atoms with Crippen LogP contribution in [-0.2, 0) is 0 Å². The summed E-state index contributed by atoms with van der Waals surface area (Å²) in [5.41, 5.74) is 0.169. The van der Waals surface area contributed by atoms with Gasteiger partial charge in [-0.3, -0.25) is 0 Å². The molecule has 0 amide bonds. The maximum absolute atomic E-state index is 10.7. The molecule has 1 heterocycles. The SMILES string of the molecule is OC1(CNc2nc(Cl)nc3ccccc23)CCCCCC1. The molecule has 0 spiro atoms. The molecule has 3 rings (SSSR count). The molecule has 5 heteroatoms. The van der Waals surface area contributed by atoms with Crippen LogP contribution >= 0.6 is 11.6 Å². The second-order valence-electron chi connectivity index (χ2n) is 5.85. The summed E-state index contributed by atoms with van der Waals surface area (Å²) >= 11 is 5.98. The summed E-state index contributed by atoms with van der Waals surface area (Å²) in [5.74, 6) is 0.697. The molecule has 0 aliphatic heterocycles. The van der Waals surface area contributed by atoms with Crippen LogP contribution in [0.2, 0.25) is 5.28 Å². The van der Waals surface area contributed by atoms with Gasteiger partial charge in [-0.15, -0.1) is 0 Å². The second-order valence-corrected chi connectivity index (χ2v) is 6.19. The average Bonchev–Trinajstić information content (AvgIpc) is 2.70. The fourth-order valence-electron chi connectivity index (χ4n) is 2.99. The van der Waals surface area contributed by atoms with Crippen LogP contribution in [0.3, 0.4) is 0 Å². The van der Waals surface area contributed by atoms with E-state index in [0.717, 1.165) is 36.6 Å². The van der Waals surface area contributed by atoms with Gasteiger partial charge < -0.3 is 10.4 Å². The van der Waals surface area contributed by atoms with Gasteiger partial charge in [0, 0.05) is 11.9 Å². The van der Waals surface area contributed by atoms with E-state index < -0.39 is 5.60 Å². The molecule has 0 saturated heterocycles. The van der Waals surface area contributed by atoms with E-state index in [-0.39, 0.29) is 5.28 Å². The lowest BCUT2D eigenvalue weighted by molar-refractivity contribution is 0.0381. The van der Waals surface area contributed by atoms with Crippen LogP contribution in [-0.4, -0.2) is 27.2 Å². The van der Waals surface area contributed by atoms with Crippen molar-refractivity contribution in [1.29, 1.82) is 0 Å². The number of hydrogen-bond acceptors (Lipinski definition) is 4. The highest BCUT2D eigenvalue weighted by Gasteiger charge is 2.28. The van der Waals surface area contributed by atoms with Crippen LogP contribution in [0.25, 0.3) is 10.9 Å². The van der Waals surface area contributed by atoms with Crippen LogP contribution in [0.5, 0.6) is 0 Å². The largest absolute Gasteiger partial charge is 0.388 e. The van der Waals surface area contributed by atoms with E-state index in [9.17, 15) is 5.11 Å². The number of anilines is 1. The second kappa shape index (κ2) is 6.16. The maximum atomic E-state index is 10.7. The van der Waals surface area contributed by atoms with Gasteiger partial charge in [-0.2, -0.15) is 0 Å². The molecule has 21 heavy (non-hydrogen) atoms. The fourth-order valence-corrected chi connectivity index (χ4v) is 3.17. The van der Waals surface area contributed by atoms with Crippen LogP contribution in [0.4, 0.5) is 5.82 Å². The van der Waals surface area contributed by atoms with Crippen LogP contribution in [0.15, 0.2) is 24.3 Å². The number of fused-ring (bicyclic) bond motifs is 1. The summed E-state index contributed by atoms with van der Waals surface area (Å²) in [5, 5.41) is 15.2. The number of halogens is 1. The van der Waals surface area contributed by atoms with Crippen molar-refractivity contribution in [2.24, 2.45) is 0 Å². The molecule has 1 aliphatic rings. The summed E-state index contributed by atoms with van der Waals surface area (Å²) in [4.78, 5) is 8.49. The number of aromatic nitrogens is 2. The topological polar surface area (TPSA) is 58.0 Å². The monoisotopic (exact) mass is 305 g/mol. The van der Waals surface area contributed by atoms with E-state index in [1.54, 1.807) is 0 Å². The molecule has 0 radical (unpaired) electrons. The zero-order chi connectivity index (χ0) is 14.7. The summed E-state index contributed by atoms with van der Waals surface area (Å²) in [6, 6.07) is 7.75. The molecule has 1 aromatic heterocycles. The van der Waals surface area contributed by atoms with Gasteiger partial charge in [-0.25, -0.2) is 9.97 Å². The van der Waals surface area contributed by atoms with Crippen LogP contribution < -0.4 is 5.32 Å². The molecule has 1 aromatic carbocycles. The Kier molecular flexibility index (Phi) is 4.27. The minimum absolute atomic E-state index is 0.226. The van der Waals surface area contributed by atoms with Gasteiger partial charge in [0.05, 0.1) is 11.1 Å². The number of hydrogen-bond donors (Lipinski definition) is 2. The Morgan fingerprint density at radius 1 is 1.10 bits per heavy atom. The molecule has 1 saturated carbocycles. The van der Waals surface area contributed by atoms with Crippen molar-refractivity contribution in [2.45, 2.75) is 44.1 Å². The third-order valence-electron chi connectivity index (χ3n) is 4.20. The molecule has 112 valence electrons. The first kappa shape index (κ1) is 14.5. The lowest BCUT2D eigenvalue weighted by Gasteiger charge is -2.27. The lowest BCUT2D eigenvalue weighted by Crippen LogP contribution is -2.36. The third-order valence-corrected chi connectivity index (χ3v) is 4.36. The highest BCUT2D eigenvalue weighted by atomic mass is 35.5. The molecule has 4 nitrogen and oxygen atoms in total. The Hall–Kier alpha value is -1.39. The Bertz CT molecular complexity index is 624. The van der Waals surface area contributed by atoms with Crippen molar-refractivity contribution in [3.8, 4) is 0 Å². The fraction of sp³-hybridized carbons (Fsp3) is 0.500. The number of benzene rings is 1. The van der Waals surface area contributed by atoms with Crippen molar-refractivity contribution in [2.75, 3.05) is 11.9 Å². The van der Waals surface area contributed by atoms with Crippen molar-refractivity contribution in [3.05, 3.63) is 29.5 Å². The number of rotatable bonds is 3. The highest BCUT2D eigenvalue weighted by Crippen LogP contribution is 2.28. The Morgan fingerprint density at radius 3 is 2.57 bits per heavy atom. The summed E-state index contributed by atoms with van der Waals surface area (Å²) < 4.78 is 0. The van der Waals surface area contributed by atoms with E-state index in [4.69, 9.17) is 11.6 Å². The van der Waals surface area contributed by atoms with Crippen molar-refractivity contribution in [1.82, 2.24) is 9.97 Å². The molecule has 2 N–H and O–H groups in total. The van der Waals surface area contributed by atoms with Gasteiger partial charge in [0.15, 0.2) is 0 Å². The first-order valence-corrected chi connectivity index (χ1v) is 7.93. The van der Waals surface area contributed by atoms with E-state index >= 15 is 0 Å². The first-order valence-electron chi connectivity index (χ1n) is 7.55. The normalized spacial score (nSPS) is 18.4. The number of para-hydroxylation sites is 1. The zero-order valence-corrected chi connectivity index (χ0v) is 12.7. The number of nitrogens with zero attached hydrogens (tertiary/aromatic N) is 2. The van der Waals surface area contributed by atoms with Gasteiger partial charge >= 0.3 is 0 Å². The molecule has 1 aliphatic carbocycles. The predicted octanol–water partition coefficient (Wildman–Crippen LogP) is 3.78. The summed E-state index contributed by atoms with van der Waals surface area (Å²) in [6.07, 6.45) is 6.29. The minimum atomic E-state index is -0.644. The number of nitrogens with one attached hydrogen (secondary N) is 1. The molecule has 0 unspecified atom stereocenters. The van der Waals surface area contributed by atoms with Crippen molar-refractivity contribution >= 4 is 28.3 Å². The number of aliphatic hydroxyl groups is 1. The van der Waals surface area contributed by atoms with E-state index in [1.807, 2.05) is 24.3 Å². The predicted molar refractivity (Wildman–Crippen MR) is 85.7 cm³/mol. The minimum Gasteiger partial charge on any atom is -0.388 e. The quantitative estimate of drug-likeness (QED) is 0.669. The molecule has 0 bridgehead atoms. The van der Waals surface area contributed by atoms with Crippen LogP contribution in [0.1, 0.15) is 38.5 Å². The Morgan fingerprint density at radius 2 is 1.81 bits per heavy atom. The first-order chi connectivity index (χ1) is 10.2. The molecule has 2 aromatic rings. The summed E-state index contributed by atoms with van der Waals surface area (Å²) in [6.45, 7) is 0.504. The van der Waals surface area contributed by atoms with E-state index in [1.165, 1.54) is 12.8 Å². The van der Waals surface area contributed by atoms with E-state index in [0.29, 0.717) is 12.4 Å². The van der Waals surface area contributed by atoms with Gasteiger partial charge in [-0.05, 0) is 36.6 Å². The van der Waals surface area contributed by atoms with Crippen molar-refractivity contribution in [3.63, 3.8) is 0 Å². The van der Waals surface area contributed by atoms with Gasteiger partial charge in [-0.1, -0.05) is 37.8 Å². The molecular weight excluding hydrogens is 286 g/mol.